The van der Waals surface area contributed by atoms with Crippen molar-refractivity contribution in [1.82, 2.24) is 19.7 Å². The minimum absolute atomic E-state index is 0.0129. The van der Waals surface area contributed by atoms with Crippen LogP contribution < -0.4 is 0 Å². The second-order valence-corrected chi connectivity index (χ2v) is 8.57. The third kappa shape index (κ3) is 4.54. The van der Waals surface area contributed by atoms with Crippen molar-refractivity contribution in [2.45, 2.75) is 51.5 Å². The molecule has 3 fully saturated rings. The molecule has 1 aromatic rings. The van der Waals surface area contributed by atoms with Gasteiger partial charge < -0.3 is 14.7 Å². The summed E-state index contributed by atoms with van der Waals surface area (Å²) < 4.78 is 0. The number of carbonyl (C=O) groups is 2. The molecule has 1 aromatic heterocycles. The number of nitrogens with zero attached hydrogens (tertiary/aromatic N) is 4. The van der Waals surface area contributed by atoms with E-state index in [1.54, 1.807) is 6.07 Å². The van der Waals surface area contributed by atoms with Gasteiger partial charge in [-0.25, -0.2) is 4.98 Å². The predicted molar refractivity (Wildman–Crippen MR) is 108 cm³/mol. The van der Waals surface area contributed by atoms with Gasteiger partial charge in [0, 0.05) is 37.8 Å². The number of piperidine rings is 1. The lowest BCUT2D eigenvalue weighted by molar-refractivity contribution is -0.135. The minimum Gasteiger partial charge on any atom is -0.336 e. The van der Waals surface area contributed by atoms with Gasteiger partial charge in [0.2, 0.25) is 5.91 Å². The molecule has 6 nitrogen and oxygen atoms in total. The number of aromatic nitrogens is 1. The molecule has 1 saturated carbocycles. The fourth-order valence-corrected chi connectivity index (χ4v) is 4.47. The number of hydrogen-bond acceptors (Lipinski definition) is 4. The monoisotopic (exact) mass is 384 g/mol. The van der Waals surface area contributed by atoms with E-state index < -0.39 is 0 Å². The van der Waals surface area contributed by atoms with Gasteiger partial charge >= 0.3 is 0 Å². The average Bonchev–Trinajstić information content (AvgIpc) is 3.46. The molecule has 2 aliphatic heterocycles. The van der Waals surface area contributed by atoms with Gasteiger partial charge in [0.05, 0.1) is 6.04 Å². The van der Waals surface area contributed by atoms with Crippen LogP contribution in [-0.4, -0.2) is 76.8 Å². The Kier molecular flexibility index (Phi) is 5.95. The Labute approximate surface area is 167 Å². The van der Waals surface area contributed by atoms with Crippen LogP contribution in [0.25, 0.3) is 0 Å². The Hall–Kier alpha value is -1.95. The van der Waals surface area contributed by atoms with E-state index in [2.05, 4.69) is 14.8 Å². The third-order valence-electron chi connectivity index (χ3n) is 6.31. The van der Waals surface area contributed by atoms with Crippen LogP contribution >= 0.6 is 0 Å². The Balaban J connectivity index is 1.39. The van der Waals surface area contributed by atoms with Crippen LogP contribution in [-0.2, 0) is 4.79 Å². The van der Waals surface area contributed by atoms with Crippen molar-refractivity contribution in [3.8, 4) is 0 Å². The summed E-state index contributed by atoms with van der Waals surface area (Å²) >= 11 is 0. The normalized spacial score (nSPS) is 23.0. The van der Waals surface area contributed by atoms with Crippen molar-refractivity contribution in [3.05, 3.63) is 29.6 Å². The molecule has 0 N–H and O–H groups in total. The van der Waals surface area contributed by atoms with Crippen LogP contribution in [0.4, 0.5) is 0 Å². The molecule has 2 saturated heterocycles. The van der Waals surface area contributed by atoms with Gasteiger partial charge in [-0.1, -0.05) is 12.5 Å². The molecule has 0 radical (unpaired) electrons. The van der Waals surface area contributed by atoms with E-state index in [1.165, 1.54) is 19.3 Å². The van der Waals surface area contributed by atoms with Crippen molar-refractivity contribution in [2.24, 2.45) is 5.92 Å². The molecule has 1 aliphatic carbocycles. The number of aryl methyl sites for hydroxylation is 1. The summed E-state index contributed by atoms with van der Waals surface area (Å²) in [5, 5.41) is 0. The van der Waals surface area contributed by atoms with Crippen molar-refractivity contribution < 1.29 is 9.59 Å². The smallest absolute Gasteiger partial charge is 0.272 e. The van der Waals surface area contributed by atoms with Crippen molar-refractivity contribution in [1.29, 1.82) is 0 Å². The number of pyridine rings is 1. The van der Waals surface area contributed by atoms with Gasteiger partial charge in [-0.15, -0.1) is 0 Å². The number of hydrogen-bond donors (Lipinski definition) is 0. The van der Waals surface area contributed by atoms with Gasteiger partial charge in [-0.3, -0.25) is 9.59 Å². The maximum Gasteiger partial charge on any atom is 0.272 e. The zero-order chi connectivity index (χ0) is 19.5. The average molecular weight is 385 g/mol. The predicted octanol–water partition coefficient (Wildman–Crippen LogP) is 2.33. The summed E-state index contributed by atoms with van der Waals surface area (Å²) in [6, 6.07) is 5.71. The van der Waals surface area contributed by atoms with Crippen molar-refractivity contribution in [3.63, 3.8) is 0 Å². The number of rotatable bonds is 6. The molecular formula is C22H32N4O2. The summed E-state index contributed by atoms with van der Waals surface area (Å²) in [5.41, 5.74) is 1.36. The van der Waals surface area contributed by atoms with Crippen LogP contribution in [0.3, 0.4) is 0 Å². The summed E-state index contributed by atoms with van der Waals surface area (Å²) in [4.78, 5) is 36.6. The third-order valence-corrected chi connectivity index (χ3v) is 6.31. The molecule has 0 spiro atoms. The molecule has 3 heterocycles. The lowest BCUT2D eigenvalue weighted by Gasteiger charge is -2.33. The Morgan fingerprint density at radius 2 is 1.89 bits per heavy atom. The van der Waals surface area contributed by atoms with E-state index in [9.17, 15) is 9.59 Å². The topological polar surface area (TPSA) is 56.8 Å². The lowest BCUT2D eigenvalue weighted by Crippen LogP contribution is -2.47. The molecule has 4 rings (SSSR count). The SMILES string of the molecule is Cc1cccc(C(=O)N2CCC(N(CCN3CCCCC3)C(=O)C3CC3)C2)n1. The molecule has 2 amide bonds. The van der Waals surface area contributed by atoms with Gasteiger partial charge in [-0.05, 0) is 64.3 Å². The zero-order valence-electron chi connectivity index (χ0n) is 17.0. The van der Waals surface area contributed by atoms with Crippen molar-refractivity contribution >= 4 is 11.8 Å². The highest BCUT2D eigenvalue weighted by molar-refractivity contribution is 5.92. The Bertz CT molecular complexity index is 712. The number of amides is 2. The maximum atomic E-state index is 12.9. The maximum absolute atomic E-state index is 12.9. The first kappa shape index (κ1) is 19.4. The second kappa shape index (κ2) is 8.60. The number of likely N-dealkylation sites (tertiary alicyclic amines) is 2. The standard InChI is InChI=1S/C22H32N4O2/c1-17-6-5-7-20(23-17)22(28)25-13-10-19(16-25)26(21(27)18-8-9-18)15-14-24-11-3-2-4-12-24/h5-7,18-19H,2-4,8-16H2,1H3. The summed E-state index contributed by atoms with van der Waals surface area (Å²) in [5.74, 6) is 0.524. The van der Waals surface area contributed by atoms with Crippen molar-refractivity contribution in [2.75, 3.05) is 39.3 Å². The minimum atomic E-state index is -0.0129. The van der Waals surface area contributed by atoms with Crippen LogP contribution in [0.2, 0.25) is 0 Å². The molecule has 152 valence electrons. The van der Waals surface area contributed by atoms with Gasteiger partial charge in [0.25, 0.3) is 5.91 Å². The van der Waals surface area contributed by atoms with E-state index in [-0.39, 0.29) is 17.9 Å². The van der Waals surface area contributed by atoms with E-state index in [0.717, 1.165) is 51.1 Å². The molecule has 1 unspecified atom stereocenters. The second-order valence-electron chi connectivity index (χ2n) is 8.57. The highest BCUT2D eigenvalue weighted by Gasteiger charge is 2.39. The summed E-state index contributed by atoms with van der Waals surface area (Å²) in [6.45, 7) is 7.30. The fraction of sp³-hybridized carbons (Fsp3) is 0.682. The summed E-state index contributed by atoms with van der Waals surface area (Å²) in [7, 11) is 0. The highest BCUT2D eigenvalue weighted by atomic mass is 16.2. The molecule has 3 aliphatic rings. The zero-order valence-corrected chi connectivity index (χ0v) is 17.0. The van der Waals surface area contributed by atoms with Gasteiger partial charge in [0.1, 0.15) is 5.69 Å². The molecular weight excluding hydrogens is 352 g/mol. The molecule has 6 heteroatoms. The molecule has 28 heavy (non-hydrogen) atoms. The van der Waals surface area contributed by atoms with Crippen LogP contribution in [0, 0.1) is 12.8 Å². The van der Waals surface area contributed by atoms with E-state index in [1.807, 2.05) is 24.0 Å². The van der Waals surface area contributed by atoms with Crippen LogP contribution in [0.1, 0.15) is 54.7 Å². The lowest BCUT2D eigenvalue weighted by atomic mass is 10.1. The molecule has 0 bridgehead atoms. The van der Waals surface area contributed by atoms with E-state index >= 15 is 0 Å². The first-order valence-corrected chi connectivity index (χ1v) is 10.9. The Morgan fingerprint density at radius 1 is 1.11 bits per heavy atom. The summed E-state index contributed by atoms with van der Waals surface area (Å²) in [6.07, 6.45) is 6.80. The number of carbonyl (C=O) groups excluding carboxylic acids is 2. The largest absolute Gasteiger partial charge is 0.336 e. The quantitative estimate of drug-likeness (QED) is 0.755. The molecule has 1 atom stereocenters. The van der Waals surface area contributed by atoms with Gasteiger partial charge in [-0.2, -0.15) is 0 Å². The van der Waals surface area contributed by atoms with E-state index in [0.29, 0.717) is 24.7 Å². The van der Waals surface area contributed by atoms with Crippen LogP contribution in [0.15, 0.2) is 18.2 Å². The van der Waals surface area contributed by atoms with Gasteiger partial charge in [0.15, 0.2) is 0 Å². The highest BCUT2D eigenvalue weighted by Crippen LogP contribution is 2.33. The van der Waals surface area contributed by atoms with E-state index in [4.69, 9.17) is 0 Å². The Morgan fingerprint density at radius 3 is 2.61 bits per heavy atom. The first-order chi connectivity index (χ1) is 13.6. The molecule has 0 aromatic carbocycles. The first-order valence-electron chi connectivity index (χ1n) is 10.9. The van der Waals surface area contributed by atoms with Crippen LogP contribution in [0.5, 0.6) is 0 Å². The fourth-order valence-electron chi connectivity index (χ4n) is 4.47.